The van der Waals surface area contributed by atoms with Crippen LogP contribution in [-0.4, -0.2) is 4.98 Å². The van der Waals surface area contributed by atoms with E-state index in [1.54, 1.807) is 13.8 Å². The molecule has 2 nitrogen and oxygen atoms in total. The van der Waals surface area contributed by atoms with E-state index in [1.165, 1.54) is 11.3 Å². The number of halogens is 1. The van der Waals surface area contributed by atoms with Crippen molar-refractivity contribution in [2.75, 3.05) is 5.73 Å². The first-order valence-corrected chi connectivity index (χ1v) is 5.80. The lowest BCUT2D eigenvalue weighted by Crippen LogP contribution is -1.91. The fourth-order valence-electron chi connectivity index (χ4n) is 1.77. The lowest BCUT2D eigenvalue weighted by atomic mass is 10.0. The van der Waals surface area contributed by atoms with Crippen LogP contribution < -0.4 is 5.73 Å². The van der Waals surface area contributed by atoms with Crippen LogP contribution in [0.15, 0.2) is 12.1 Å². The zero-order valence-electron chi connectivity index (χ0n) is 9.47. The van der Waals surface area contributed by atoms with Crippen molar-refractivity contribution in [3.8, 4) is 11.3 Å². The summed E-state index contributed by atoms with van der Waals surface area (Å²) in [5.74, 6) is -0.149. The quantitative estimate of drug-likeness (QED) is 0.823. The number of nitrogen functional groups attached to an aromatic ring is 1. The average molecular weight is 236 g/mol. The predicted molar refractivity (Wildman–Crippen MR) is 66.1 cm³/mol. The Kier molecular flexibility index (Phi) is 2.68. The normalized spacial score (nSPS) is 10.8. The van der Waals surface area contributed by atoms with Gasteiger partial charge in [-0.15, -0.1) is 11.3 Å². The predicted octanol–water partition coefficient (Wildman–Crippen LogP) is 3.46. The first kappa shape index (κ1) is 11.1. The third-order valence-electron chi connectivity index (χ3n) is 2.52. The van der Waals surface area contributed by atoms with Gasteiger partial charge >= 0.3 is 0 Å². The van der Waals surface area contributed by atoms with Crippen LogP contribution in [0.2, 0.25) is 0 Å². The highest BCUT2D eigenvalue weighted by atomic mass is 32.1. The summed E-state index contributed by atoms with van der Waals surface area (Å²) < 4.78 is 13.5. The standard InChI is InChI=1S/C12H13FN2S/c1-6-4-9(5-7(2)10(6)13)11-8(3)16-12(14)15-11/h4-5H,1-3H3,(H2,14,15). The van der Waals surface area contributed by atoms with Crippen molar-refractivity contribution in [2.24, 2.45) is 0 Å². The van der Waals surface area contributed by atoms with Gasteiger partial charge in [0.15, 0.2) is 5.13 Å². The van der Waals surface area contributed by atoms with Crippen LogP contribution in [0.3, 0.4) is 0 Å². The summed E-state index contributed by atoms with van der Waals surface area (Å²) in [5, 5.41) is 0.548. The summed E-state index contributed by atoms with van der Waals surface area (Å²) >= 11 is 1.45. The minimum absolute atomic E-state index is 0.149. The molecule has 2 aromatic rings. The Bertz CT molecular complexity index is 523. The third-order valence-corrected chi connectivity index (χ3v) is 3.32. The third kappa shape index (κ3) is 1.80. The maximum Gasteiger partial charge on any atom is 0.180 e. The van der Waals surface area contributed by atoms with E-state index in [1.807, 2.05) is 19.1 Å². The first-order valence-electron chi connectivity index (χ1n) is 4.99. The van der Waals surface area contributed by atoms with Gasteiger partial charge in [-0.1, -0.05) is 0 Å². The zero-order valence-corrected chi connectivity index (χ0v) is 10.3. The summed E-state index contributed by atoms with van der Waals surface area (Å²) in [6, 6.07) is 3.62. The minimum Gasteiger partial charge on any atom is -0.375 e. The molecular weight excluding hydrogens is 223 g/mol. The van der Waals surface area contributed by atoms with Crippen LogP contribution in [0.1, 0.15) is 16.0 Å². The van der Waals surface area contributed by atoms with Gasteiger partial charge < -0.3 is 5.73 Å². The summed E-state index contributed by atoms with van der Waals surface area (Å²) in [4.78, 5) is 5.32. The molecule has 0 amide bonds. The van der Waals surface area contributed by atoms with E-state index in [2.05, 4.69) is 4.98 Å². The molecule has 2 N–H and O–H groups in total. The van der Waals surface area contributed by atoms with Gasteiger partial charge in [0.25, 0.3) is 0 Å². The monoisotopic (exact) mass is 236 g/mol. The van der Waals surface area contributed by atoms with Gasteiger partial charge in [-0.2, -0.15) is 0 Å². The van der Waals surface area contributed by atoms with E-state index in [9.17, 15) is 4.39 Å². The second-order valence-corrected chi connectivity index (χ2v) is 5.12. The smallest absolute Gasteiger partial charge is 0.180 e. The highest BCUT2D eigenvalue weighted by Gasteiger charge is 2.11. The summed E-state index contributed by atoms with van der Waals surface area (Å²) in [5.41, 5.74) is 8.72. The van der Waals surface area contributed by atoms with E-state index in [4.69, 9.17) is 5.73 Å². The second-order valence-electron chi connectivity index (χ2n) is 3.88. The Hall–Kier alpha value is -1.42. The minimum atomic E-state index is -0.149. The highest BCUT2D eigenvalue weighted by molar-refractivity contribution is 7.15. The molecule has 84 valence electrons. The fraction of sp³-hybridized carbons (Fsp3) is 0.250. The number of hydrogen-bond acceptors (Lipinski definition) is 3. The van der Waals surface area contributed by atoms with Crippen molar-refractivity contribution in [3.05, 3.63) is 34.0 Å². The van der Waals surface area contributed by atoms with Crippen LogP contribution in [0, 0.1) is 26.6 Å². The van der Waals surface area contributed by atoms with Crippen LogP contribution in [-0.2, 0) is 0 Å². The number of thiazole rings is 1. The average Bonchev–Trinajstić information content (AvgIpc) is 2.53. The van der Waals surface area contributed by atoms with Crippen molar-refractivity contribution < 1.29 is 4.39 Å². The molecule has 1 heterocycles. The molecule has 1 aromatic carbocycles. The molecule has 0 aliphatic heterocycles. The van der Waals surface area contributed by atoms with Gasteiger partial charge in [0, 0.05) is 10.4 Å². The number of hydrogen-bond donors (Lipinski definition) is 1. The van der Waals surface area contributed by atoms with E-state index in [0.717, 1.165) is 16.1 Å². The Balaban J connectivity index is 2.61. The Morgan fingerprint density at radius 3 is 2.19 bits per heavy atom. The number of nitrogens with zero attached hydrogens (tertiary/aromatic N) is 1. The molecular formula is C12H13FN2S. The van der Waals surface area contributed by atoms with Crippen LogP contribution in [0.5, 0.6) is 0 Å². The van der Waals surface area contributed by atoms with Gasteiger partial charge in [-0.05, 0) is 44.0 Å². The maximum absolute atomic E-state index is 13.5. The summed E-state index contributed by atoms with van der Waals surface area (Å²) in [6.45, 7) is 5.49. The van der Waals surface area contributed by atoms with E-state index < -0.39 is 0 Å². The SMILES string of the molecule is Cc1cc(-c2nc(N)sc2C)cc(C)c1F. The summed E-state index contributed by atoms with van der Waals surface area (Å²) in [7, 11) is 0. The van der Waals surface area contributed by atoms with Gasteiger partial charge in [-0.3, -0.25) is 0 Å². The number of benzene rings is 1. The molecule has 0 radical (unpaired) electrons. The summed E-state index contributed by atoms with van der Waals surface area (Å²) in [6.07, 6.45) is 0. The molecule has 0 saturated carbocycles. The van der Waals surface area contributed by atoms with Gasteiger partial charge in [0.05, 0.1) is 5.69 Å². The first-order chi connectivity index (χ1) is 7.49. The Morgan fingerprint density at radius 1 is 1.19 bits per heavy atom. The molecule has 0 bridgehead atoms. The molecule has 0 unspecified atom stereocenters. The molecule has 0 aliphatic rings. The van der Waals surface area contributed by atoms with Gasteiger partial charge in [0.2, 0.25) is 0 Å². The number of aromatic nitrogens is 1. The topological polar surface area (TPSA) is 38.9 Å². The molecule has 2 rings (SSSR count). The molecule has 0 saturated heterocycles. The Labute approximate surface area is 97.9 Å². The molecule has 1 aromatic heterocycles. The Morgan fingerprint density at radius 2 is 1.75 bits per heavy atom. The van der Waals surface area contributed by atoms with E-state index >= 15 is 0 Å². The number of aryl methyl sites for hydroxylation is 3. The molecule has 16 heavy (non-hydrogen) atoms. The number of anilines is 1. The lowest BCUT2D eigenvalue weighted by molar-refractivity contribution is 0.609. The van der Waals surface area contributed by atoms with Crippen molar-refractivity contribution in [1.29, 1.82) is 0 Å². The van der Waals surface area contributed by atoms with Crippen molar-refractivity contribution >= 4 is 16.5 Å². The van der Waals surface area contributed by atoms with Crippen LogP contribution in [0.4, 0.5) is 9.52 Å². The van der Waals surface area contributed by atoms with E-state index in [-0.39, 0.29) is 5.82 Å². The van der Waals surface area contributed by atoms with Gasteiger partial charge in [0.1, 0.15) is 5.82 Å². The second kappa shape index (κ2) is 3.87. The highest BCUT2D eigenvalue weighted by Crippen LogP contribution is 2.30. The van der Waals surface area contributed by atoms with Crippen LogP contribution >= 0.6 is 11.3 Å². The molecule has 0 atom stereocenters. The van der Waals surface area contributed by atoms with Crippen molar-refractivity contribution in [2.45, 2.75) is 20.8 Å². The molecule has 0 aliphatic carbocycles. The van der Waals surface area contributed by atoms with Gasteiger partial charge in [-0.25, -0.2) is 9.37 Å². The zero-order chi connectivity index (χ0) is 11.9. The van der Waals surface area contributed by atoms with Crippen molar-refractivity contribution in [3.63, 3.8) is 0 Å². The number of rotatable bonds is 1. The lowest BCUT2D eigenvalue weighted by Gasteiger charge is -2.05. The van der Waals surface area contributed by atoms with E-state index in [0.29, 0.717) is 16.3 Å². The van der Waals surface area contributed by atoms with Crippen molar-refractivity contribution in [1.82, 2.24) is 4.98 Å². The number of nitrogens with two attached hydrogens (primary N) is 1. The molecule has 0 fully saturated rings. The van der Waals surface area contributed by atoms with Crippen LogP contribution in [0.25, 0.3) is 11.3 Å². The largest absolute Gasteiger partial charge is 0.375 e. The molecule has 4 heteroatoms. The molecule has 0 spiro atoms. The fourth-order valence-corrected chi connectivity index (χ4v) is 2.48. The maximum atomic E-state index is 13.5.